The van der Waals surface area contributed by atoms with Crippen molar-refractivity contribution in [2.45, 2.75) is 13.1 Å². The minimum absolute atomic E-state index is 0.161. The predicted molar refractivity (Wildman–Crippen MR) is 71.7 cm³/mol. The van der Waals surface area contributed by atoms with Crippen LogP contribution in [0.25, 0.3) is 16.2 Å². The molecule has 0 fully saturated rings. The number of alkyl halides is 3. The van der Waals surface area contributed by atoms with Crippen LogP contribution in [-0.2, 0) is 13.2 Å². The molecule has 2 heterocycles. The zero-order valence-electron chi connectivity index (χ0n) is 11.0. The van der Waals surface area contributed by atoms with Gasteiger partial charge in [-0.15, -0.1) is 10.2 Å². The van der Waals surface area contributed by atoms with E-state index in [1.165, 1.54) is 19.2 Å². The van der Waals surface area contributed by atoms with Crippen LogP contribution in [0.5, 0.6) is 0 Å². The predicted octanol–water partition coefficient (Wildman–Crippen LogP) is 2.51. The first-order chi connectivity index (χ1) is 9.80. The molecule has 0 atom stereocenters. The Labute approximate surface area is 120 Å². The SMILES string of the molecule is Cc1nnc(-n2c(=O)n(C)c3c(C(F)(F)F)cccc32)s1. The van der Waals surface area contributed by atoms with Crippen LogP contribution in [0.15, 0.2) is 23.0 Å². The molecular weight excluding hydrogens is 305 g/mol. The monoisotopic (exact) mass is 314 g/mol. The molecule has 0 bridgehead atoms. The van der Waals surface area contributed by atoms with Gasteiger partial charge in [-0.25, -0.2) is 9.36 Å². The Morgan fingerprint density at radius 2 is 1.95 bits per heavy atom. The molecule has 1 aromatic carbocycles. The van der Waals surface area contributed by atoms with E-state index in [1.54, 1.807) is 6.92 Å². The standard InChI is InChI=1S/C12H9F3N4OS/c1-6-16-17-10(21-6)19-8-5-3-4-7(12(13,14)15)9(8)18(2)11(19)20/h3-5H,1-2H3. The van der Waals surface area contributed by atoms with Crippen molar-refractivity contribution in [1.29, 1.82) is 0 Å². The Morgan fingerprint density at radius 1 is 1.24 bits per heavy atom. The summed E-state index contributed by atoms with van der Waals surface area (Å²) in [7, 11) is 1.31. The summed E-state index contributed by atoms with van der Waals surface area (Å²) in [6.45, 7) is 1.71. The summed E-state index contributed by atoms with van der Waals surface area (Å²) in [5.41, 5.74) is -1.44. The van der Waals surface area contributed by atoms with Crippen LogP contribution in [0.3, 0.4) is 0 Å². The van der Waals surface area contributed by atoms with E-state index in [1.807, 2.05) is 0 Å². The molecule has 0 aliphatic rings. The summed E-state index contributed by atoms with van der Waals surface area (Å²) in [6.07, 6.45) is -4.53. The highest BCUT2D eigenvalue weighted by Gasteiger charge is 2.35. The lowest BCUT2D eigenvalue weighted by Crippen LogP contribution is -2.21. The Hall–Kier alpha value is -2.16. The summed E-state index contributed by atoms with van der Waals surface area (Å²) < 4.78 is 41.4. The topological polar surface area (TPSA) is 52.7 Å². The lowest BCUT2D eigenvalue weighted by molar-refractivity contribution is -0.136. The molecule has 5 nitrogen and oxygen atoms in total. The van der Waals surface area contributed by atoms with Crippen molar-refractivity contribution in [3.05, 3.63) is 39.3 Å². The number of hydrogen-bond acceptors (Lipinski definition) is 4. The van der Waals surface area contributed by atoms with Gasteiger partial charge in [0.05, 0.1) is 16.6 Å². The van der Waals surface area contributed by atoms with Gasteiger partial charge in [0.25, 0.3) is 0 Å². The molecule has 9 heteroatoms. The number of imidazole rings is 1. The molecule has 0 N–H and O–H groups in total. The lowest BCUT2D eigenvalue weighted by Gasteiger charge is -2.08. The number of aromatic nitrogens is 4. The second-order valence-electron chi connectivity index (χ2n) is 4.45. The molecule has 110 valence electrons. The molecule has 2 aromatic heterocycles. The Kier molecular flexibility index (Phi) is 2.90. The van der Waals surface area contributed by atoms with E-state index in [9.17, 15) is 18.0 Å². The second-order valence-corrected chi connectivity index (χ2v) is 5.61. The molecule has 0 spiro atoms. The van der Waals surface area contributed by atoms with Crippen molar-refractivity contribution >= 4 is 22.4 Å². The van der Waals surface area contributed by atoms with Gasteiger partial charge >= 0.3 is 11.9 Å². The third-order valence-corrected chi connectivity index (χ3v) is 3.91. The summed E-state index contributed by atoms with van der Waals surface area (Å²) in [6, 6.07) is 3.69. The highest BCUT2D eigenvalue weighted by Crippen LogP contribution is 2.34. The average molecular weight is 314 g/mol. The van der Waals surface area contributed by atoms with Crippen LogP contribution >= 0.6 is 11.3 Å². The maximum Gasteiger partial charge on any atom is 0.418 e. The smallest absolute Gasteiger partial charge is 0.294 e. The summed E-state index contributed by atoms with van der Waals surface area (Å²) in [4.78, 5) is 12.3. The number of fused-ring (bicyclic) bond motifs is 1. The molecule has 0 saturated heterocycles. The zero-order valence-corrected chi connectivity index (χ0v) is 11.8. The number of hydrogen-bond donors (Lipinski definition) is 0. The van der Waals surface area contributed by atoms with Crippen molar-refractivity contribution in [3.8, 4) is 5.13 Å². The minimum atomic E-state index is -4.53. The largest absolute Gasteiger partial charge is 0.418 e. The van der Waals surface area contributed by atoms with Gasteiger partial charge in [0.1, 0.15) is 5.01 Å². The van der Waals surface area contributed by atoms with Gasteiger partial charge in [-0.1, -0.05) is 17.4 Å². The number of halogens is 3. The van der Waals surface area contributed by atoms with Gasteiger partial charge < -0.3 is 0 Å². The van der Waals surface area contributed by atoms with E-state index in [4.69, 9.17) is 0 Å². The molecule has 0 aliphatic heterocycles. The first kappa shape index (κ1) is 13.8. The fourth-order valence-electron chi connectivity index (χ4n) is 2.20. The van der Waals surface area contributed by atoms with Gasteiger partial charge in [0, 0.05) is 7.05 Å². The lowest BCUT2D eigenvalue weighted by atomic mass is 10.1. The Morgan fingerprint density at radius 3 is 2.52 bits per heavy atom. The number of benzene rings is 1. The van der Waals surface area contributed by atoms with Gasteiger partial charge in [0.15, 0.2) is 0 Å². The van der Waals surface area contributed by atoms with Crippen molar-refractivity contribution in [2.75, 3.05) is 0 Å². The molecule has 3 aromatic rings. The number of aryl methyl sites for hydroxylation is 2. The molecule has 3 rings (SSSR count). The summed E-state index contributed by atoms with van der Waals surface area (Å²) in [5.74, 6) is 0. The van der Waals surface area contributed by atoms with E-state index in [0.717, 1.165) is 26.5 Å². The molecule has 0 radical (unpaired) electrons. The van der Waals surface area contributed by atoms with Crippen LogP contribution in [0.2, 0.25) is 0 Å². The normalized spacial score (nSPS) is 12.2. The first-order valence-electron chi connectivity index (χ1n) is 5.89. The fourth-order valence-corrected chi connectivity index (χ4v) is 2.90. The molecular formula is C12H9F3N4OS. The number of rotatable bonds is 1. The van der Waals surface area contributed by atoms with Crippen molar-refractivity contribution in [3.63, 3.8) is 0 Å². The van der Waals surface area contributed by atoms with Crippen LogP contribution in [0.4, 0.5) is 13.2 Å². The van der Waals surface area contributed by atoms with Crippen molar-refractivity contribution in [2.24, 2.45) is 7.05 Å². The van der Waals surface area contributed by atoms with Gasteiger partial charge in [-0.05, 0) is 19.1 Å². The third kappa shape index (κ3) is 2.04. The maximum absolute atomic E-state index is 13.1. The maximum atomic E-state index is 13.1. The Balaban J connectivity index is 2.44. The minimum Gasteiger partial charge on any atom is -0.294 e. The van der Waals surface area contributed by atoms with E-state index in [0.29, 0.717) is 5.01 Å². The van der Waals surface area contributed by atoms with E-state index >= 15 is 0 Å². The molecule has 0 saturated carbocycles. The summed E-state index contributed by atoms with van der Waals surface area (Å²) in [5, 5.41) is 8.52. The van der Waals surface area contributed by atoms with Crippen molar-refractivity contribution < 1.29 is 13.2 Å². The van der Waals surface area contributed by atoms with Crippen molar-refractivity contribution in [1.82, 2.24) is 19.3 Å². The highest BCUT2D eigenvalue weighted by molar-refractivity contribution is 7.13. The van der Waals surface area contributed by atoms with E-state index in [-0.39, 0.29) is 16.2 Å². The van der Waals surface area contributed by atoms with E-state index in [2.05, 4.69) is 10.2 Å². The van der Waals surface area contributed by atoms with Crippen LogP contribution < -0.4 is 5.69 Å². The van der Waals surface area contributed by atoms with Gasteiger partial charge in [0.2, 0.25) is 5.13 Å². The number of nitrogens with zero attached hydrogens (tertiary/aromatic N) is 4. The van der Waals surface area contributed by atoms with Gasteiger partial charge in [-0.2, -0.15) is 13.2 Å². The van der Waals surface area contributed by atoms with Crippen LogP contribution in [0.1, 0.15) is 10.6 Å². The van der Waals surface area contributed by atoms with Crippen LogP contribution in [-0.4, -0.2) is 19.3 Å². The molecule has 0 amide bonds. The highest BCUT2D eigenvalue weighted by atomic mass is 32.1. The van der Waals surface area contributed by atoms with Gasteiger partial charge in [-0.3, -0.25) is 4.57 Å². The Bertz CT molecular complexity index is 890. The first-order valence-corrected chi connectivity index (χ1v) is 6.70. The van der Waals surface area contributed by atoms with E-state index < -0.39 is 17.4 Å². The summed E-state index contributed by atoms with van der Waals surface area (Å²) >= 11 is 1.14. The van der Waals surface area contributed by atoms with Crippen LogP contribution in [0, 0.1) is 6.92 Å². The molecule has 0 aliphatic carbocycles. The second kappa shape index (κ2) is 4.42. The quantitative estimate of drug-likeness (QED) is 0.693. The molecule has 0 unspecified atom stereocenters. The zero-order chi connectivity index (χ0) is 15.4. The number of para-hydroxylation sites is 1. The average Bonchev–Trinajstić information content (AvgIpc) is 2.92. The molecule has 21 heavy (non-hydrogen) atoms. The fraction of sp³-hybridized carbons (Fsp3) is 0.250. The third-order valence-electron chi connectivity index (χ3n) is 3.08.